The van der Waals surface area contributed by atoms with Gasteiger partial charge in [0.15, 0.2) is 0 Å². The van der Waals surface area contributed by atoms with Gasteiger partial charge in [-0.2, -0.15) is 0 Å². The number of carboxylic acids is 1. The van der Waals surface area contributed by atoms with Crippen molar-refractivity contribution in [1.29, 1.82) is 0 Å². The number of hydrogen-bond acceptors (Lipinski definition) is 2. The van der Waals surface area contributed by atoms with Crippen LogP contribution in [0.4, 0.5) is 5.69 Å². The Labute approximate surface area is 101 Å². The maximum Gasteiger partial charge on any atom is 0.335 e. The lowest BCUT2D eigenvalue weighted by atomic mass is 9.85. The molecule has 0 unspecified atom stereocenters. The molecule has 1 aliphatic heterocycles. The van der Waals surface area contributed by atoms with Crippen molar-refractivity contribution >= 4 is 11.7 Å². The Morgan fingerprint density at radius 3 is 2.88 bits per heavy atom. The second kappa shape index (κ2) is 4.06. The fourth-order valence-electron chi connectivity index (χ4n) is 2.78. The smallest absolute Gasteiger partial charge is 0.335 e. The highest BCUT2D eigenvalue weighted by Crippen LogP contribution is 2.33. The molecular formula is C14H17NO2. The molecule has 1 aliphatic carbocycles. The zero-order chi connectivity index (χ0) is 11.8. The van der Waals surface area contributed by atoms with Crippen LogP contribution in [-0.2, 0) is 6.42 Å². The molecular weight excluding hydrogens is 214 g/mol. The summed E-state index contributed by atoms with van der Waals surface area (Å²) in [4.78, 5) is 13.3. The van der Waals surface area contributed by atoms with E-state index in [2.05, 4.69) is 4.90 Å². The van der Waals surface area contributed by atoms with Gasteiger partial charge in [0.2, 0.25) is 0 Å². The van der Waals surface area contributed by atoms with E-state index in [-0.39, 0.29) is 0 Å². The van der Waals surface area contributed by atoms with Crippen LogP contribution < -0.4 is 4.90 Å². The summed E-state index contributed by atoms with van der Waals surface area (Å²) in [7, 11) is 0. The Kier molecular flexibility index (Phi) is 2.54. The highest BCUT2D eigenvalue weighted by atomic mass is 16.4. The zero-order valence-electron chi connectivity index (χ0n) is 9.85. The summed E-state index contributed by atoms with van der Waals surface area (Å²) in [5, 5.41) is 8.96. The first kappa shape index (κ1) is 10.6. The van der Waals surface area contributed by atoms with Gasteiger partial charge >= 0.3 is 5.97 Å². The first-order valence-corrected chi connectivity index (χ1v) is 6.35. The van der Waals surface area contributed by atoms with E-state index >= 15 is 0 Å². The van der Waals surface area contributed by atoms with E-state index in [4.69, 9.17) is 5.11 Å². The molecule has 90 valence electrons. The quantitative estimate of drug-likeness (QED) is 0.869. The number of rotatable bonds is 3. The Morgan fingerprint density at radius 1 is 1.41 bits per heavy atom. The molecule has 1 fully saturated rings. The molecule has 1 heterocycles. The van der Waals surface area contributed by atoms with E-state index in [1.54, 1.807) is 6.07 Å². The normalized spacial score (nSPS) is 18.9. The van der Waals surface area contributed by atoms with E-state index in [9.17, 15) is 4.79 Å². The van der Waals surface area contributed by atoms with E-state index in [0.29, 0.717) is 5.56 Å². The lowest BCUT2D eigenvalue weighted by Gasteiger charge is -2.31. The van der Waals surface area contributed by atoms with Gasteiger partial charge < -0.3 is 10.0 Å². The van der Waals surface area contributed by atoms with Gasteiger partial charge in [0.1, 0.15) is 0 Å². The van der Waals surface area contributed by atoms with Gasteiger partial charge in [0.05, 0.1) is 5.56 Å². The fourth-order valence-corrected chi connectivity index (χ4v) is 2.78. The molecule has 3 heteroatoms. The molecule has 0 atom stereocenters. The van der Waals surface area contributed by atoms with Crippen LogP contribution in [0.1, 0.15) is 35.2 Å². The van der Waals surface area contributed by atoms with Gasteiger partial charge in [-0.25, -0.2) is 4.79 Å². The molecule has 1 aromatic carbocycles. The van der Waals surface area contributed by atoms with Crippen molar-refractivity contribution in [2.75, 3.05) is 18.0 Å². The van der Waals surface area contributed by atoms with Crippen molar-refractivity contribution in [2.24, 2.45) is 5.92 Å². The zero-order valence-corrected chi connectivity index (χ0v) is 9.85. The van der Waals surface area contributed by atoms with E-state index in [1.807, 2.05) is 12.1 Å². The van der Waals surface area contributed by atoms with Crippen molar-refractivity contribution in [3.05, 3.63) is 29.3 Å². The van der Waals surface area contributed by atoms with Gasteiger partial charge in [-0.1, -0.05) is 6.42 Å². The molecule has 1 aromatic rings. The average molecular weight is 231 g/mol. The summed E-state index contributed by atoms with van der Waals surface area (Å²) in [5.74, 6) is 0.0327. The third kappa shape index (κ3) is 1.90. The van der Waals surface area contributed by atoms with Crippen molar-refractivity contribution in [1.82, 2.24) is 0 Å². The lowest BCUT2D eigenvalue weighted by Crippen LogP contribution is -2.31. The van der Waals surface area contributed by atoms with Crippen molar-refractivity contribution < 1.29 is 9.90 Å². The Morgan fingerprint density at radius 2 is 2.24 bits per heavy atom. The Bertz CT molecular complexity index is 452. The molecule has 1 N–H and O–H groups in total. The highest BCUT2D eigenvalue weighted by molar-refractivity contribution is 5.88. The minimum absolute atomic E-state index is 0.411. The number of aromatic carboxylic acids is 1. The second-order valence-corrected chi connectivity index (χ2v) is 5.14. The fraction of sp³-hybridized carbons (Fsp3) is 0.500. The molecule has 0 radical (unpaired) electrons. The predicted molar refractivity (Wildman–Crippen MR) is 66.7 cm³/mol. The number of fused-ring (bicyclic) bond motifs is 1. The second-order valence-electron chi connectivity index (χ2n) is 5.14. The third-order valence-corrected chi connectivity index (χ3v) is 4.02. The summed E-state index contributed by atoms with van der Waals surface area (Å²) >= 11 is 0. The SMILES string of the molecule is O=C(O)c1ccc2c(c1)CCN2CC1CCC1. The van der Waals surface area contributed by atoms with Crippen molar-refractivity contribution in [3.63, 3.8) is 0 Å². The molecule has 0 aromatic heterocycles. The molecule has 3 rings (SSSR count). The van der Waals surface area contributed by atoms with Crippen LogP contribution in [0.3, 0.4) is 0 Å². The number of anilines is 1. The van der Waals surface area contributed by atoms with E-state index in [0.717, 1.165) is 25.4 Å². The maximum atomic E-state index is 10.9. The van der Waals surface area contributed by atoms with Gasteiger partial charge in [0, 0.05) is 18.8 Å². The standard InChI is InChI=1S/C14H17NO2/c16-14(17)12-4-5-13-11(8-12)6-7-15(13)9-10-2-1-3-10/h4-5,8,10H,1-3,6-7,9H2,(H,16,17). The lowest BCUT2D eigenvalue weighted by molar-refractivity contribution is 0.0697. The van der Waals surface area contributed by atoms with Crippen molar-refractivity contribution in [2.45, 2.75) is 25.7 Å². The average Bonchev–Trinajstić information content (AvgIpc) is 2.65. The first-order valence-electron chi connectivity index (χ1n) is 6.35. The molecule has 1 saturated carbocycles. The number of carboxylic acid groups (broad SMARTS) is 1. The van der Waals surface area contributed by atoms with Gasteiger partial charge in [0.25, 0.3) is 0 Å². The molecule has 17 heavy (non-hydrogen) atoms. The summed E-state index contributed by atoms with van der Waals surface area (Å²) in [6, 6.07) is 5.53. The first-order chi connectivity index (χ1) is 8.24. The number of hydrogen-bond donors (Lipinski definition) is 1. The molecule has 3 nitrogen and oxygen atoms in total. The predicted octanol–water partition coefficient (Wildman–Crippen LogP) is 2.55. The molecule has 2 aliphatic rings. The van der Waals surface area contributed by atoms with Crippen LogP contribution in [0.25, 0.3) is 0 Å². The summed E-state index contributed by atoms with van der Waals surface area (Å²) in [5.41, 5.74) is 2.86. The van der Waals surface area contributed by atoms with Crippen LogP contribution in [0.15, 0.2) is 18.2 Å². The number of carbonyl (C=O) groups is 1. The Balaban J connectivity index is 1.79. The van der Waals surface area contributed by atoms with Gasteiger partial charge in [-0.3, -0.25) is 0 Å². The molecule has 0 spiro atoms. The van der Waals surface area contributed by atoms with Crippen LogP contribution >= 0.6 is 0 Å². The maximum absolute atomic E-state index is 10.9. The van der Waals surface area contributed by atoms with Crippen LogP contribution in [0.5, 0.6) is 0 Å². The summed E-state index contributed by atoms with van der Waals surface area (Å²) in [6.45, 7) is 2.20. The van der Waals surface area contributed by atoms with Crippen molar-refractivity contribution in [3.8, 4) is 0 Å². The highest BCUT2D eigenvalue weighted by Gasteiger charge is 2.25. The van der Waals surface area contributed by atoms with Gasteiger partial charge in [-0.05, 0) is 48.9 Å². The largest absolute Gasteiger partial charge is 0.478 e. The number of benzene rings is 1. The summed E-state index contributed by atoms with van der Waals surface area (Å²) < 4.78 is 0. The van der Waals surface area contributed by atoms with Crippen LogP contribution in [0.2, 0.25) is 0 Å². The van der Waals surface area contributed by atoms with Gasteiger partial charge in [-0.15, -0.1) is 0 Å². The monoisotopic (exact) mass is 231 g/mol. The molecule has 0 amide bonds. The van der Waals surface area contributed by atoms with Crippen LogP contribution in [0, 0.1) is 5.92 Å². The summed E-state index contributed by atoms with van der Waals surface area (Å²) in [6.07, 6.45) is 5.09. The number of nitrogens with zero attached hydrogens (tertiary/aromatic N) is 1. The van der Waals surface area contributed by atoms with E-state index < -0.39 is 5.97 Å². The van der Waals surface area contributed by atoms with Crippen LogP contribution in [-0.4, -0.2) is 24.2 Å². The minimum atomic E-state index is -0.828. The topological polar surface area (TPSA) is 40.5 Å². The molecule has 0 saturated heterocycles. The minimum Gasteiger partial charge on any atom is -0.478 e. The Hall–Kier alpha value is -1.51. The third-order valence-electron chi connectivity index (χ3n) is 4.02. The van der Waals surface area contributed by atoms with E-state index in [1.165, 1.54) is 30.5 Å². The molecule has 0 bridgehead atoms.